The van der Waals surface area contributed by atoms with Gasteiger partial charge in [0.25, 0.3) is 0 Å². The summed E-state index contributed by atoms with van der Waals surface area (Å²) >= 11 is 6.52. The van der Waals surface area contributed by atoms with Crippen molar-refractivity contribution in [1.82, 2.24) is 0 Å². The van der Waals surface area contributed by atoms with Crippen LogP contribution in [0.15, 0.2) is 18.2 Å². The van der Waals surface area contributed by atoms with E-state index in [0.717, 1.165) is 24.9 Å². The van der Waals surface area contributed by atoms with Crippen molar-refractivity contribution in [1.29, 1.82) is 0 Å². The van der Waals surface area contributed by atoms with Crippen molar-refractivity contribution in [2.75, 3.05) is 5.32 Å². The van der Waals surface area contributed by atoms with Gasteiger partial charge in [-0.25, -0.2) is 0 Å². The van der Waals surface area contributed by atoms with E-state index in [4.69, 9.17) is 11.6 Å². The Balaban J connectivity index is 2.18. The van der Waals surface area contributed by atoms with Crippen molar-refractivity contribution < 1.29 is 4.79 Å². The first-order chi connectivity index (χ1) is 8.61. The van der Waals surface area contributed by atoms with E-state index in [1.807, 2.05) is 12.1 Å². The van der Waals surface area contributed by atoms with E-state index in [9.17, 15) is 4.79 Å². The summed E-state index contributed by atoms with van der Waals surface area (Å²) in [6.07, 6.45) is 3.70. The van der Waals surface area contributed by atoms with Crippen molar-refractivity contribution in [2.45, 2.75) is 44.9 Å². The number of anilines is 1. The Labute approximate surface area is 114 Å². The molecule has 1 aromatic rings. The van der Waals surface area contributed by atoms with Crippen LogP contribution in [0.1, 0.15) is 49.6 Å². The second-order valence-electron chi connectivity index (χ2n) is 5.13. The highest BCUT2D eigenvalue weighted by atomic mass is 35.5. The second kappa shape index (κ2) is 5.75. The third-order valence-electron chi connectivity index (χ3n) is 3.59. The molecule has 0 saturated carbocycles. The largest absolute Gasteiger partial charge is 0.326 e. The summed E-state index contributed by atoms with van der Waals surface area (Å²) in [6.45, 7) is 4.38. The Morgan fingerprint density at radius 1 is 1.39 bits per heavy atom. The topological polar surface area (TPSA) is 29.1 Å². The maximum absolute atomic E-state index is 11.3. The molecular formula is C15H20ClNO. The molecule has 3 heteroatoms. The lowest BCUT2D eigenvalue weighted by Crippen LogP contribution is -2.19. The summed E-state index contributed by atoms with van der Waals surface area (Å²) in [5, 5.41) is 2.96. The van der Waals surface area contributed by atoms with E-state index in [1.165, 1.54) is 11.1 Å². The molecule has 0 radical (unpaired) electrons. The SMILES string of the molecule is CCCC(C)C(Cl)c1ccc2c(c1)CCC(=O)N2. The van der Waals surface area contributed by atoms with Gasteiger partial charge in [0.1, 0.15) is 0 Å². The summed E-state index contributed by atoms with van der Waals surface area (Å²) in [5.41, 5.74) is 3.33. The molecule has 2 rings (SSSR count). The summed E-state index contributed by atoms with van der Waals surface area (Å²) < 4.78 is 0. The van der Waals surface area contributed by atoms with Gasteiger partial charge < -0.3 is 5.32 Å². The fraction of sp³-hybridized carbons (Fsp3) is 0.533. The fourth-order valence-electron chi connectivity index (χ4n) is 2.51. The Bertz CT molecular complexity index is 444. The number of aryl methyl sites for hydroxylation is 1. The van der Waals surface area contributed by atoms with Crippen LogP contribution in [0.3, 0.4) is 0 Å². The highest BCUT2D eigenvalue weighted by molar-refractivity contribution is 6.21. The molecule has 1 heterocycles. The number of rotatable bonds is 4. The molecular weight excluding hydrogens is 246 g/mol. The molecule has 1 aliphatic heterocycles. The summed E-state index contributed by atoms with van der Waals surface area (Å²) in [4.78, 5) is 11.3. The Kier molecular flexibility index (Phi) is 4.28. The van der Waals surface area contributed by atoms with Gasteiger partial charge in [-0.15, -0.1) is 11.6 Å². The first-order valence-electron chi connectivity index (χ1n) is 6.68. The molecule has 98 valence electrons. The number of carbonyl (C=O) groups excluding carboxylic acids is 1. The standard InChI is InChI=1S/C15H20ClNO/c1-3-4-10(2)15(16)12-5-7-13-11(9-12)6-8-14(18)17-13/h5,7,9-10,15H,3-4,6,8H2,1-2H3,(H,17,18). The van der Waals surface area contributed by atoms with Gasteiger partial charge in [0.15, 0.2) is 0 Å². The molecule has 0 fully saturated rings. The predicted octanol–water partition coefficient (Wildman–Crippen LogP) is 4.29. The maximum Gasteiger partial charge on any atom is 0.224 e. The van der Waals surface area contributed by atoms with E-state index in [2.05, 4.69) is 25.2 Å². The number of hydrogen-bond acceptors (Lipinski definition) is 1. The summed E-state index contributed by atoms with van der Waals surface area (Å²) in [5.74, 6) is 0.588. The van der Waals surface area contributed by atoms with E-state index in [-0.39, 0.29) is 11.3 Å². The minimum Gasteiger partial charge on any atom is -0.326 e. The number of halogens is 1. The monoisotopic (exact) mass is 265 g/mol. The zero-order valence-corrected chi connectivity index (χ0v) is 11.8. The van der Waals surface area contributed by atoms with Crippen LogP contribution >= 0.6 is 11.6 Å². The summed E-state index contributed by atoms with van der Waals surface area (Å²) in [6, 6.07) is 6.17. The highest BCUT2D eigenvalue weighted by Gasteiger charge is 2.19. The van der Waals surface area contributed by atoms with Gasteiger partial charge >= 0.3 is 0 Å². The predicted molar refractivity (Wildman–Crippen MR) is 76.1 cm³/mol. The Morgan fingerprint density at radius 3 is 2.89 bits per heavy atom. The van der Waals surface area contributed by atoms with E-state index in [1.54, 1.807) is 0 Å². The Morgan fingerprint density at radius 2 is 2.17 bits per heavy atom. The van der Waals surface area contributed by atoms with Crippen LogP contribution in [0, 0.1) is 5.92 Å². The van der Waals surface area contributed by atoms with Gasteiger partial charge in [0, 0.05) is 12.1 Å². The minimum atomic E-state index is 0.0629. The molecule has 0 spiro atoms. The molecule has 0 aromatic heterocycles. The van der Waals surface area contributed by atoms with Crippen LogP contribution in [0.2, 0.25) is 0 Å². The van der Waals surface area contributed by atoms with Crippen LogP contribution in [0.5, 0.6) is 0 Å². The first kappa shape index (κ1) is 13.4. The molecule has 1 aromatic carbocycles. The molecule has 1 amide bonds. The van der Waals surface area contributed by atoms with Crippen molar-refractivity contribution >= 4 is 23.2 Å². The van der Waals surface area contributed by atoms with Gasteiger partial charge in [0.05, 0.1) is 5.38 Å². The quantitative estimate of drug-likeness (QED) is 0.809. The normalized spacial score (nSPS) is 17.8. The van der Waals surface area contributed by atoms with E-state index >= 15 is 0 Å². The molecule has 18 heavy (non-hydrogen) atoms. The molecule has 1 N–H and O–H groups in total. The number of fused-ring (bicyclic) bond motifs is 1. The lowest BCUT2D eigenvalue weighted by molar-refractivity contribution is -0.116. The van der Waals surface area contributed by atoms with Gasteiger partial charge in [-0.3, -0.25) is 4.79 Å². The Hall–Kier alpha value is -1.02. The number of carbonyl (C=O) groups is 1. The number of amides is 1. The summed E-state index contributed by atoms with van der Waals surface area (Å²) in [7, 11) is 0. The highest BCUT2D eigenvalue weighted by Crippen LogP contribution is 2.34. The molecule has 0 aliphatic carbocycles. The zero-order chi connectivity index (χ0) is 13.1. The van der Waals surface area contributed by atoms with Gasteiger partial charge in [-0.2, -0.15) is 0 Å². The average Bonchev–Trinajstić information content (AvgIpc) is 2.37. The molecule has 0 saturated heterocycles. The first-order valence-corrected chi connectivity index (χ1v) is 7.12. The van der Waals surface area contributed by atoms with Crippen molar-refractivity contribution in [3.63, 3.8) is 0 Å². The van der Waals surface area contributed by atoms with E-state index < -0.39 is 0 Å². The van der Waals surface area contributed by atoms with Gasteiger partial charge in [-0.05, 0) is 36.0 Å². The van der Waals surface area contributed by atoms with Gasteiger partial charge in [0.2, 0.25) is 5.91 Å². The molecule has 2 nitrogen and oxygen atoms in total. The molecule has 0 bridgehead atoms. The zero-order valence-electron chi connectivity index (χ0n) is 11.0. The third-order valence-corrected chi connectivity index (χ3v) is 4.27. The van der Waals surface area contributed by atoms with Gasteiger partial charge in [-0.1, -0.05) is 32.4 Å². The van der Waals surface area contributed by atoms with Crippen LogP contribution in [-0.4, -0.2) is 5.91 Å². The average molecular weight is 266 g/mol. The van der Waals surface area contributed by atoms with Crippen LogP contribution in [0.25, 0.3) is 0 Å². The van der Waals surface area contributed by atoms with E-state index in [0.29, 0.717) is 12.3 Å². The van der Waals surface area contributed by atoms with Crippen molar-refractivity contribution in [2.24, 2.45) is 5.92 Å². The van der Waals surface area contributed by atoms with Crippen molar-refractivity contribution in [3.05, 3.63) is 29.3 Å². The maximum atomic E-state index is 11.3. The van der Waals surface area contributed by atoms with Crippen molar-refractivity contribution in [3.8, 4) is 0 Å². The lowest BCUT2D eigenvalue weighted by atomic mass is 9.93. The molecule has 1 aliphatic rings. The van der Waals surface area contributed by atoms with Crippen LogP contribution in [0.4, 0.5) is 5.69 Å². The molecule has 2 atom stereocenters. The van der Waals surface area contributed by atoms with Crippen LogP contribution in [-0.2, 0) is 11.2 Å². The third kappa shape index (κ3) is 2.86. The second-order valence-corrected chi connectivity index (χ2v) is 5.60. The minimum absolute atomic E-state index is 0.0629. The number of benzene rings is 1. The number of nitrogens with one attached hydrogen (secondary N) is 1. The number of hydrogen-bond donors (Lipinski definition) is 1. The van der Waals surface area contributed by atoms with Crippen LogP contribution < -0.4 is 5.32 Å². The smallest absolute Gasteiger partial charge is 0.224 e. The molecule has 2 unspecified atom stereocenters. The fourth-order valence-corrected chi connectivity index (χ4v) is 2.77. The lowest BCUT2D eigenvalue weighted by Gasteiger charge is -2.22. The number of alkyl halides is 1.